The smallest absolute Gasteiger partial charge is 0.277 e. The van der Waals surface area contributed by atoms with Gasteiger partial charge in [-0.15, -0.1) is 0 Å². The van der Waals surface area contributed by atoms with Gasteiger partial charge in [0.05, 0.1) is 10.2 Å². The van der Waals surface area contributed by atoms with Gasteiger partial charge in [-0.3, -0.25) is 9.48 Å². The molecule has 0 bridgehead atoms. The van der Waals surface area contributed by atoms with Crippen LogP contribution in [0.15, 0.2) is 69.0 Å². The molecule has 24 heavy (non-hydrogen) atoms. The van der Waals surface area contributed by atoms with Crippen LogP contribution in [-0.2, 0) is 7.05 Å². The van der Waals surface area contributed by atoms with Crippen LogP contribution in [0.3, 0.4) is 0 Å². The Morgan fingerprint density at radius 2 is 1.92 bits per heavy atom. The first-order valence-corrected chi connectivity index (χ1v) is 9.04. The first-order chi connectivity index (χ1) is 11.5. The predicted molar refractivity (Wildman–Crippen MR) is 101 cm³/mol. The third-order valence-electron chi connectivity index (χ3n) is 3.18. The first-order valence-electron chi connectivity index (χ1n) is 7.06. The summed E-state index contributed by atoms with van der Waals surface area (Å²) in [6.07, 6.45) is 1.74. The number of nitrogens with zero attached hydrogens (tertiary/aromatic N) is 2. The molecule has 0 unspecified atom stereocenters. The second-order valence-electron chi connectivity index (χ2n) is 5.01. The number of benzene rings is 2. The van der Waals surface area contributed by atoms with Crippen LogP contribution in [0, 0.1) is 0 Å². The summed E-state index contributed by atoms with van der Waals surface area (Å²) in [5.74, 6) is -0.258. The van der Waals surface area contributed by atoms with Crippen LogP contribution < -0.4 is 5.32 Å². The van der Waals surface area contributed by atoms with Gasteiger partial charge in [-0.05, 0) is 52.3 Å². The minimum absolute atomic E-state index is 0.258. The van der Waals surface area contributed by atoms with Gasteiger partial charge in [0.2, 0.25) is 0 Å². The Kier molecular flexibility index (Phi) is 5.28. The quantitative estimate of drug-likeness (QED) is 0.625. The molecular formula is C17H13BrClN3OS. The van der Waals surface area contributed by atoms with Gasteiger partial charge >= 0.3 is 0 Å². The third kappa shape index (κ3) is 4.01. The highest BCUT2D eigenvalue weighted by molar-refractivity contribution is 9.10. The van der Waals surface area contributed by atoms with Crippen LogP contribution >= 0.6 is 39.3 Å². The lowest BCUT2D eigenvalue weighted by Gasteiger charge is -2.10. The summed E-state index contributed by atoms with van der Waals surface area (Å²) in [6.45, 7) is 0. The average Bonchev–Trinajstić information content (AvgIpc) is 2.90. The molecule has 2 aromatic carbocycles. The van der Waals surface area contributed by atoms with Crippen LogP contribution in [0.4, 0.5) is 5.69 Å². The number of rotatable bonds is 4. The van der Waals surface area contributed by atoms with Crippen molar-refractivity contribution in [2.24, 2.45) is 7.05 Å². The SMILES string of the molecule is Cn1cc(Br)c(C(=O)Nc2ccccc2Sc2ccc(Cl)cc2)n1. The summed E-state index contributed by atoms with van der Waals surface area (Å²) >= 11 is 10.8. The highest BCUT2D eigenvalue weighted by atomic mass is 79.9. The number of aromatic nitrogens is 2. The second kappa shape index (κ2) is 7.42. The van der Waals surface area contributed by atoms with E-state index in [4.69, 9.17) is 11.6 Å². The van der Waals surface area contributed by atoms with Gasteiger partial charge in [-0.1, -0.05) is 35.5 Å². The van der Waals surface area contributed by atoms with Gasteiger partial charge in [0, 0.05) is 28.1 Å². The standard InChI is InChI=1S/C17H13BrClN3OS/c1-22-10-13(18)16(21-22)17(23)20-14-4-2-3-5-15(14)24-12-8-6-11(19)7-9-12/h2-10H,1H3,(H,20,23). The summed E-state index contributed by atoms with van der Waals surface area (Å²) in [5.41, 5.74) is 1.09. The fourth-order valence-electron chi connectivity index (χ4n) is 2.08. The molecule has 3 rings (SSSR count). The van der Waals surface area contributed by atoms with Crippen molar-refractivity contribution in [2.45, 2.75) is 9.79 Å². The van der Waals surface area contributed by atoms with E-state index in [0.29, 0.717) is 15.2 Å². The number of anilines is 1. The first kappa shape index (κ1) is 17.1. The van der Waals surface area contributed by atoms with Crippen LogP contribution in [0.25, 0.3) is 0 Å². The van der Waals surface area contributed by atoms with E-state index >= 15 is 0 Å². The van der Waals surface area contributed by atoms with E-state index in [1.165, 1.54) is 0 Å². The van der Waals surface area contributed by atoms with Crippen LogP contribution in [0.2, 0.25) is 5.02 Å². The Balaban J connectivity index is 1.82. The van der Waals surface area contributed by atoms with Crippen molar-refractivity contribution < 1.29 is 4.79 Å². The largest absolute Gasteiger partial charge is 0.320 e. The van der Waals surface area contributed by atoms with E-state index in [-0.39, 0.29) is 5.91 Å². The molecule has 1 heterocycles. The van der Waals surface area contributed by atoms with E-state index in [2.05, 4.69) is 26.3 Å². The van der Waals surface area contributed by atoms with Gasteiger partial charge in [0.25, 0.3) is 5.91 Å². The van der Waals surface area contributed by atoms with Gasteiger partial charge in [0.15, 0.2) is 5.69 Å². The van der Waals surface area contributed by atoms with Crippen molar-refractivity contribution in [1.29, 1.82) is 0 Å². The lowest BCUT2D eigenvalue weighted by molar-refractivity contribution is 0.102. The van der Waals surface area contributed by atoms with Crippen molar-refractivity contribution in [3.8, 4) is 0 Å². The number of carbonyl (C=O) groups is 1. The zero-order chi connectivity index (χ0) is 17.1. The number of halogens is 2. The Morgan fingerprint density at radius 1 is 1.21 bits per heavy atom. The molecule has 0 spiro atoms. The normalized spacial score (nSPS) is 10.6. The van der Waals surface area contributed by atoms with Crippen molar-refractivity contribution >= 4 is 50.9 Å². The van der Waals surface area contributed by atoms with Crippen LogP contribution in [0.1, 0.15) is 10.5 Å². The summed E-state index contributed by atoms with van der Waals surface area (Å²) in [5, 5.41) is 7.78. The highest BCUT2D eigenvalue weighted by Gasteiger charge is 2.16. The number of hydrogen-bond acceptors (Lipinski definition) is 3. The second-order valence-corrected chi connectivity index (χ2v) is 7.41. The van der Waals surface area contributed by atoms with Crippen molar-refractivity contribution in [1.82, 2.24) is 9.78 Å². The molecule has 0 atom stereocenters. The molecule has 122 valence electrons. The molecule has 0 aliphatic heterocycles. The summed E-state index contributed by atoms with van der Waals surface area (Å²) in [7, 11) is 1.77. The summed E-state index contributed by atoms with van der Waals surface area (Å²) < 4.78 is 2.25. The maximum Gasteiger partial charge on any atom is 0.277 e. The molecule has 3 aromatic rings. The molecule has 1 aromatic heterocycles. The maximum absolute atomic E-state index is 12.5. The fraction of sp³-hybridized carbons (Fsp3) is 0.0588. The fourth-order valence-corrected chi connectivity index (χ4v) is 3.67. The number of aryl methyl sites for hydroxylation is 1. The average molecular weight is 423 g/mol. The predicted octanol–water partition coefficient (Wildman–Crippen LogP) is 5.24. The monoisotopic (exact) mass is 421 g/mol. The Labute approximate surface area is 157 Å². The van der Waals surface area contributed by atoms with Gasteiger partial charge in [-0.2, -0.15) is 5.10 Å². The minimum atomic E-state index is -0.258. The van der Waals surface area contributed by atoms with E-state index in [1.807, 2.05) is 48.5 Å². The number of amides is 1. The molecule has 1 amide bonds. The van der Waals surface area contributed by atoms with Crippen LogP contribution in [0.5, 0.6) is 0 Å². The third-order valence-corrected chi connectivity index (χ3v) is 5.09. The molecule has 0 fully saturated rings. The van der Waals surface area contributed by atoms with Gasteiger partial charge < -0.3 is 5.32 Å². The molecule has 0 radical (unpaired) electrons. The number of nitrogens with one attached hydrogen (secondary N) is 1. The zero-order valence-corrected chi connectivity index (χ0v) is 15.8. The molecule has 0 aliphatic rings. The molecule has 4 nitrogen and oxygen atoms in total. The zero-order valence-electron chi connectivity index (χ0n) is 12.7. The Morgan fingerprint density at radius 3 is 2.58 bits per heavy atom. The van der Waals surface area contributed by atoms with Crippen molar-refractivity contribution in [3.05, 3.63) is 69.9 Å². The molecule has 0 saturated heterocycles. The topological polar surface area (TPSA) is 46.9 Å². The van der Waals surface area contributed by atoms with Crippen molar-refractivity contribution in [3.63, 3.8) is 0 Å². The lowest BCUT2D eigenvalue weighted by Crippen LogP contribution is -2.14. The van der Waals surface area contributed by atoms with E-state index in [0.717, 1.165) is 15.5 Å². The summed E-state index contributed by atoms with van der Waals surface area (Å²) in [4.78, 5) is 14.4. The number of carbonyl (C=O) groups excluding carboxylic acids is 1. The van der Waals surface area contributed by atoms with Crippen LogP contribution in [-0.4, -0.2) is 15.7 Å². The molecular weight excluding hydrogens is 410 g/mol. The van der Waals surface area contributed by atoms with E-state index in [9.17, 15) is 4.79 Å². The minimum Gasteiger partial charge on any atom is -0.320 e. The Bertz CT molecular complexity index is 880. The molecule has 0 saturated carbocycles. The van der Waals surface area contributed by atoms with E-state index in [1.54, 1.807) is 29.7 Å². The summed E-state index contributed by atoms with van der Waals surface area (Å²) in [6, 6.07) is 15.2. The Hall–Kier alpha value is -1.76. The molecule has 1 N–H and O–H groups in total. The number of hydrogen-bond donors (Lipinski definition) is 1. The van der Waals surface area contributed by atoms with E-state index < -0.39 is 0 Å². The highest BCUT2D eigenvalue weighted by Crippen LogP contribution is 2.34. The molecule has 0 aliphatic carbocycles. The number of para-hydroxylation sites is 1. The lowest BCUT2D eigenvalue weighted by atomic mass is 10.3. The maximum atomic E-state index is 12.5. The van der Waals surface area contributed by atoms with Gasteiger partial charge in [-0.25, -0.2) is 0 Å². The van der Waals surface area contributed by atoms with Crippen molar-refractivity contribution in [2.75, 3.05) is 5.32 Å². The molecule has 7 heteroatoms. The van der Waals surface area contributed by atoms with Gasteiger partial charge in [0.1, 0.15) is 0 Å².